The predicted molar refractivity (Wildman–Crippen MR) is 97.0 cm³/mol. The van der Waals surface area contributed by atoms with Gasteiger partial charge in [-0.15, -0.1) is 0 Å². The topological polar surface area (TPSA) is 41.2 Å². The molecular formula is C20H21NO2P+. The first-order valence-corrected chi connectivity index (χ1v) is 9.82. The second-order valence-corrected chi connectivity index (χ2v) is 8.51. The van der Waals surface area contributed by atoms with Gasteiger partial charge in [-0.05, 0) is 13.0 Å². The molecule has 0 spiro atoms. The van der Waals surface area contributed by atoms with E-state index in [1.54, 1.807) is 0 Å². The van der Waals surface area contributed by atoms with Gasteiger partial charge in [0.1, 0.15) is 12.4 Å². The van der Waals surface area contributed by atoms with Crippen LogP contribution in [0.4, 0.5) is 0 Å². The monoisotopic (exact) mass is 338 g/mol. The van der Waals surface area contributed by atoms with Crippen LogP contribution in [0.25, 0.3) is 0 Å². The number of benzene rings is 2. The number of hydrogen-bond donors (Lipinski definition) is 1. The van der Waals surface area contributed by atoms with Crippen LogP contribution >= 0.6 is 7.14 Å². The predicted octanol–water partition coefficient (Wildman–Crippen LogP) is 3.00. The normalized spacial score (nSPS) is 12.8. The summed E-state index contributed by atoms with van der Waals surface area (Å²) in [5.74, 6) is -1.08. The second-order valence-electron chi connectivity index (χ2n) is 5.67. The summed E-state index contributed by atoms with van der Waals surface area (Å²) >= 11 is 0. The molecule has 3 nitrogen and oxygen atoms in total. The van der Waals surface area contributed by atoms with Crippen molar-refractivity contribution in [2.75, 3.05) is 0 Å². The Bertz CT molecular complexity index is 806. The van der Waals surface area contributed by atoms with Crippen molar-refractivity contribution in [2.24, 2.45) is 0 Å². The molecule has 1 atom stereocenters. The molecule has 3 aromatic rings. The zero-order valence-electron chi connectivity index (χ0n) is 13.6. The molecule has 1 aromatic heterocycles. The van der Waals surface area contributed by atoms with Gasteiger partial charge in [0.2, 0.25) is 0 Å². The SMILES string of the molecule is CC[n+]1cccc([C@@H](O)P(=O)(c2ccccc2)c2ccccc2)c1. The molecular weight excluding hydrogens is 317 g/mol. The lowest BCUT2D eigenvalue weighted by Gasteiger charge is -2.24. The fourth-order valence-corrected chi connectivity index (χ4v) is 5.50. The summed E-state index contributed by atoms with van der Waals surface area (Å²) in [6.45, 7) is 2.83. The van der Waals surface area contributed by atoms with Crippen LogP contribution in [0, 0.1) is 0 Å². The Morgan fingerprint density at radius 2 is 1.46 bits per heavy atom. The molecule has 1 N–H and O–H groups in total. The maximum Gasteiger partial charge on any atom is 0.175 e. The number of rotatable bonds is 5. The summed E-state index contributed by atoms with van der Waals surface area (Å²) < 4.78 is 16.0. The van der Waals surface area contributed by atoms with Crippen LogP contribution in [0.5, 0.6) is 0 Å². The van der Waals surface area contributed by atoms with Gasteiger partial charge in [-0.25, -0.2) is 4.57 Å². The third kappa shape index (κ3) is 3.06. The molecule has 0 aliphatic rings. The Hall–Kier alpha value is -2.22. The Labute approximate surface area is 142 Å². The Balaban J connectivity index is 2.17. The van der Waals surface area contributed by atoms with Crippen molar-refractivity contribution in [1.82, 2.24) is 0 Å². The first-order valence-electron chi connectivity index (χ1n) is 8.04. The summed E-state index contributed by atoms with van der Waals surface area (Å²) in [7, 11) is -3.23. The fraction of sp³-hybridized carbons (Fsp3) is 0.150. The van der Waals surface area contributed by atoms with Crippen molar-refractivity contribution in [3.63, 3.8) is 0 Å². The molecule has 0 bridgehead atoms. The number of nitrogens with zero attached hydrogens (tertiary/aromatic N) is 1. The van der Waals surface area contributed by atoms with Gasteiger partial charge in [-0.1, -0.05) is 60.7 Å². The largest absolute Gasteiger partial charge is 0.380 e. The maximum absolute atomic E-state index is 14.1. The summed E-state index contributed by atoms with van der Waals surface area (Å²) in [6.07, 6.45) is 3.80. The van der Waals surface area contributed by atoms with E-state index < -0.39 is 13.0 Å². The van der Waals surface area contributed by atoms with Gasteiger partial charge in [-0.2, -0.15) is 0 Å². The Morgan fingerprint density at radius 3 is 1.96 bits per heavy atom. The van der Waals surface area contributed by atoms with Crippen LogP contribution in [0.2, 0.25) is 0 Å². The highest BCUT2D eigenvalue weighted by Crippen LogP contribution is 2.55. The van der Waals surface area contributed by atoms with E-state index >= 15 is 0 Å². The molecule has 3 rings (SSSR count). The van der Waals surface area contributed by atoms with E-state index in [1.807, 2.05) is 96.7 Å². The van der Waals surface area contributed by atoms with E-state index in [0.717, 1.165) is 6.54 Å². The van der Waals surface area contributed by atoms with E-state index in [2.05, 4.69) is 0 Å². The van der Waals surface area contributed by atoms with Gasteiger partial charge < -0.3 is 9.67 Å². The number of aliphatic hydroxyl groups is 1. The molecule has 1 heterocycles. The fourth-order valence-electron chi connectivity index (χ4n) is 2.83. The van der Waals surface area contributed by atoms with Crippen LogP contribution in [0.15, 0.2) is 85.2 Å². The lowest BCUT2D eigenvalue weighted by atomic mass is 10.3. The summed E-state index contributed by atoms with van der Waals surface area (Å²) in [5.41, 5.74) is 0.662. The molecule has 24 heavy (non-hydrogen) atoms. The van der Waals surface area contributed by atoms with Crippen molar-refractivity contribution in [3.8, 4) is 0 Å². The maximum atomic E-state index is 14.1. The van der Waals surface area contributed by atoms with Crippen LogP contribution in [0.1, 0.15) is 18.3 Å². The standard InChI is InChI=1S/C20H21NO2P/c1-2-21-15-9-10-17(16-21)20(22)24(23,18-11-5-3-6-12-18)19-13-7-4-8-14-19/h3-16,20,22H,2H2,1H3/q+1/t20-/m0/s1. The van der Waals surface area contributed by atoms with Crippen molar-refractivity contribution >= 4 is 17.8 Å². The zero-order valence-corrected chi connectivity index (χ0v) is 14.5. The van der Waals surface area contributed by atoms with Crippen LogP contribution in [-0.4, -0.2) is 5.11 Å². The van der Waals surface area contributed by atoms with Crippen LogP contribution < -0.4 is 15.2 Å². The Kier molecular flexibility index (Phi) is 4.94. The highest BCUT2D eigenvalue weighted by molar-refractivity contribution is 7.78. The van der Waals surface area contributed by atoms with Gasteiger partial charge >= 0.3 is 0 Å². The molecule has 2 aromatic carbocycles. The van der Waals surface area contributed by atoms with Crippen LogP contribution in [0.3, 0.4) is 0 Å². The third-order valence-electron chi connectivity index (χ3n) is 4.17. The minimum Gasteiger partial charge on any atom is -0.380 e. The minimum atomic E-state index is -3.23. The number of hydrogen-bond acceptors (Lipinski definition) is 2. The molecule has 0 fully saturated rings. The van der Waals surface area contributed by atoms with E-state index in [0.29, 0.717) is 16.2 Å². The first kappa shape index (κ1) is 16.6. The van der Waals surface area contributed by atoms with Crippen molar-refractivity contribution in [1.29, 1.82) is 0 Å². The van der Waals surface area contributed by atoms with Crippen molar-refractivity contribution in [2.45, 2.75) is 19.3 Å². The lowest BCUT2D eigenvalue weighted by molar-refractivity contribution is -0.694. The number of aromatic nitrogens is 1. The van der Waals surface area contributed by atoms with Crippen molar-refractivity contribution < 1.29 is 14.2 Å². The van der Waals surface area contributed by atoms with Crippen LogP contribution in [-0.2, 0) is 11.1 Å². The lowest BCUT2D eigenvalue weighted by Crippen LogP contribution is -2.32. The molecule has 122 valence electrons. The molecule has 0 unspecified atom stereocenters. The zero-order chi connectivity index (χ0) is 17.0. The van der Waals surface area contributed by atoms with Gasteiger partial charge in [-0.3, -0.25) is 0 Å². The average Bonchev–Trinajstić information content (AvgIpc) is 2.68. The Morgan fingerprint density at radius 1 is 0.917 bits per heavy atom. The van der Waals surface area contributed by atoms with Gasteiger partial charge in [0.05, 0.1) is 5.56 Å². The van der Waals surface area contributed by atoms with E-state index in [-0.39, 0.29) is 0 Å². The van der Waals surface area contributed by atoms with Gasteiger partial charge in [0.15, 0.2) is 19.5 Å². The first-order chi connectivity index (χ1) is 11.7. The molecule has 0 radical (unpaired) electrons. The summed E-state index contributed by atoms with van der Waals surface area (Å²) in [4.78, 5) is 0. The highest BCUT2D eigenvalue weighted by atomic mass is 31.2. The van der Waals surface area contributed by atoms with E-state index in [4.69, 9.17) is 0 Å². The quantitative estimate of drug-likeness (QED) is 0.574. The number of pyridine rings is 1. The molecule has 0 saturated heterocycles. The van der Waals surface area contributed by atoms with Gasteiger partial charge in [0, 0.05) is 16.7 Å². The molecule has 0 saturated carbocycles. The molecule has 0 amide bonds. The van der Waals surface area contributed by atoms with Crippen molar-refractivity contribution in [3.05, 3.63) is 90.8 Å². The van der Waals surface area contributed by atoms with E-state index in [1.165, 1.54) is 0 Å². The summed E-state index contributed by atoms with van der Waals surface area (Å²) in [5, 5.41) is 12.4. The minimum absolute atomic E-state index is 0.662. The molecule has 0 aliphatic heterocycles. The second kappa shape index (κ2) is 7.12. The summed E-state index contributed by atoms with van der Waals surface area (Å²) in [6, 6.07) is 22.2. The average molecular weight is 338 g/mol. The number of aliphatic hydroxyl groups excluding tert-OH is 1. The smallest absolute Gasteiger partial charge is 0.175 e. The highest BCUT2D eigenvalue weighted by Gasteiger charge is 2.37. The number of aryl methyl sites for hydroxylation is 1. The van der Waals surface area contributed by atoms with Gasteiger partial charge in [0.25, 0.3) is 0 Å². The van der Waals surface area contributed by atoms with E-state index in [9.17, 15) is 9.67 Å². The molecule has 0 aliphatic carbocycles. The molecule has 4 heteroatoms. The third-order valence-corrected chi connectivity index (χ3v) is 7.29.